The monoisotopic (exact) mass is 431 g/mol. The van der Waals surface area contributed by atoms with Gasteiger partial charge in [-0.15, -0.1) is 0 Å². The molecular formula is C23H22FN7O. The largest absolute Gasteiger partial charge is 0.350 e. The molecule has 8 nitrogen and oxygen atoms in total. The molecule has 0 aliphatic carbocycles. The van der Waals surface area contributed by atoms with Crippen molar-refractivity contribution >= 4 is 11.9 Å². The number of hydrogen-bond acceptors (Lipinski definition) is 6. The van der Waals surface area contributed by atoms with Gasteiger partial charge in [0.1, 0.15) is 5.82 Å². The van der Waals surface area contributed by atoms with Gasteiger partial charge in [-0.3, -0.25) is 14.5 Å². The molecule has 0 aliphatic heterocycles. The predicted octanol–water partition coefficient (Wildman–Crippen LogP) is 3.04. The first-order valence-electron chi connectivity index (χ1n) is 10.0. The average molecular weight is 431 g/mol. The molecule has 0 unspecified atom stereocenters. The Labute approximate surface area is 184 Å². The number of rotatable bonds is 7. The van der Waals surface area contributed by atoms with Crippen LogP contribution < -0.4 is 10.2 Å². The molecule has 3 heterocycles. The molecule has 32 heavy (non-hydrogen) atoms. The summed E-state index contributed by atoms with van der Waals surface area (Å²) in [6.45, 7) is 0.657. The molecule has 1 N–H and O–H groups in total. The Hall–Kier alpha value is -4.14. The predicted molar refractivity (Wildman–Crippen MR) is 120 cm³/mol. The number of amides is 1. The molecule has 162 valence electrons. The molecule has 0 radical (unpaired) electrons. The van der Waals surface area contributed by atoms with Crippen LogP contribution >= 0.6 is 0 Å². The van der Waals surface area contributed by atoms with Gasteiger partial charge in [-0.1, -0.05) is 12.1 Å². The van der Waals surface area contributed by atoms with E-state index in [1.165, 1.54) is 18.5 Å². The number of benzene rings is 1. The van der Waals surface area contributed by atoms with Crippen molar-refractivity contribution in [2.45, 2.75) is 6.54 Å². The summed E-state index contributed by atoms with van der Waals surface area (Å²) in [5.74, 6) is -0.104. The molecule has 0 atom stereocenters. The van der Waals surface area contributed by atoms with Crippen LogP contribution in [-0.2, 0) is 6.54 Å². The molecule has 4 rings (SSSR count). The highest BCUT2D eigenvalue weighted by atomic mass is 19.1. The van der Waals surface area contributed by atoms with Crippen molar-refractivity contribution < 1.29 is 9.18 Å². The van der Waals surface area contributed by atoms with E-state index in [4.69, 9.17) is 0 Å². The zero-order chi connectivity index (χ0) is 22.5. The fourth-order valence-electron chi connectivity index (χ4n) is 3.28. The molecule has 0 aliphatic rings. The maximum atomic E-state index is 14.6. The molecule has 9 heteroatoms. The molecule has 1 amide bonds. The van der Waals surface area contributed by atoms with Gasteiger partial charge in [0.2, 0.25) is 5.95 Å². The third-order valence-corrected chi connectivity index (χ3v) is 4.87. The Morgan fingerprint density at radius 3 is 2.44 bits per heavy atom. The summed E-state index contributed by atoms with van der Waals surface area (Å²) in [4.78, 5) is 26.6. The van der Waals surface area contributed by atoms with Crippen LogP contribution in [0.5, 0.6) is 0 Å². The smallest absolute Gasteiger partial charge is 0.254 e. The van der Waals surface area contributed by atoms with Crippen LogP contribution in [0.1, 0.15) is 10.4 Å². The van der Waals surface area contributed by atoms with Gasteiger partial charge in [-0.2, -0.15) is 5.10 Å². The van der Waals surface area contributed by atoms with Crippen LogP contribution in [0, 0.1) is 5.82 Å². The second-order valence-electron chi connectivity index (χ2n) is 7.27. The quantitative estimate of drug-likeness (QED) is 0.484. The first-order chi connectivity index (χ1) is 15.5. The minimum absolute atomic E-state index is 0.288. The third-order valence-electron chi connectivity index (χ3n) is 4.87. The van der Waals surface area contributed by atoms with Gasteiger partial charge in [-0.25, -0.2) is 14.4 Å². The fourth-order valence-corrected chi connectivity index (χ4v) is 3.28. The minimum atomic E-state index is -0.341. The van der Waals surface area contributed by atoms with E-state index in [0.29, 0.717) is 35.9 Å². The zero-order valence-corrected chi connectivity index (χ0v) is 17.7. The second kappa shape index (κ2) is 9.34. The molecule has 0 spiro atoms. The lowest BCUT2D eigenvalue weighted by atomic mass is 10.0. The van der Waals surface area contributed by atoms with E-state index in [1.807, 2.05) is 26.2 Å². The molecule has 0 saturated carbocycles. The number of aromatic nitrogens is 5. The van der Waals surface area contributed by atoms with Crippen molar-refractivity contribution in [1.29, 1.82) is 0 Å². The number of nitrogens with zero attached hydrogens (tertiary/aromatic N) is 6. The summed E-state index contributed by atoms with van der Waals surface area (Å²) in [6.07, 6.45) is 8.03. The molecule has 4 aromatic rings. The van der Waals surface area contributed by atoms with Crippen LogP contribution in [0.25, 0.3) is 22.4 Å². The van der Waals surface area contributed by atoms with E-state index in [1.54, 1.807) is 46.4 Å². The van der Waals surface area contributed by atoms with E-state index in [9.17, 15) is 9.18 Å². The van der Waals surface area contributed by atoms with Gasteiger partial charge in [-0.05, 0) is 29.8 Å². The molecule has 0 saturated heterocycles. The average Bonchev–Trinajstić information content (AvgIpc) is 3.23. The highest BCUT2D eigenvalue weighted by Gasteiger charge is 2.18. The number of nitrogens with one attached hydrogen (secondary N) is 1. The number of halogens is 1. The SMILES string of the molecule is CN(C)c1ncc(C(=O)NCCn2ncc(-c3ccncc3)c2-c2ccccc2F)cn1. The van der Waals surface area contributed by atoms with Crippen LogP contribution in [0.4, 0.5) is 10.3 Å². The topological polar surface area (TPSA) is 88.8 Å². The van der Waals surface area contributed by atoms with Gasteiger partial charge in [0, 0.05) is 56.6 Å². The zero-order valence-electron chi connectivity index (χ0n) is 17.7. The van der Waals surface area contributed by atoms with E-state index in [2.05, 4.69) is 25.4 Å². The number of carbonyl (C=O) groups excluding carboxylic acids is 1. The van der Waals surface area contributed by atoms with Gasteiger partial charge in [0.15, 0.2) is 0 Å². The van der Waals surface area contributed by atoms with Crippen molar-refractivity contribution in [1.82, 2.24) is 30.0 Å². The fraction of sp³-hybridized carbons (Fsp3) is 0.174. The van der Waals surface area contributed by atoms with Crippen molar-refractivity contribution in [2.24, 2.45) is 0 Å². The Morgan fingerprint density at radius 2 is 1.75 bits per heavy atom. The molecule has 3 aromatic heterocycles. The lowest BCUT2D eigenvalue weighted by molar-refractivity contribution is 0.0951. The number of pyridine rings is 1. The summed E-state index contributed by atoms with van der Waals surface area (Å²) in [5, 5.41) is 7.30. The van der Waals surface area contributed by atoms with E-state index in [-0.39, 0.29) is 11.7 Å². The first kappa shape index (κ1) is 21.1. The molecular weight excluding hydrogens is 409 g/mol. The molecule has 0 bridgehead atoms. The maximum Gasteiger partial charge on any atom is 0.254 e. The number of hydrogen-bond donors (Lipinski definition) is 1. The highest BCUT2D eigenvalue weighted by Crippen LogP contribution is 2.33. The number of anilines is 1. The standard InChI is InChI=1S/C23H22FN7O/c1-30(2)23-27-13-17(14-28-23)22(32)26-11-12-31-21(18-5-3-4-6-20(18)24)19(15-29-31)16-7-9-25-10-8-16/h3-10,13-15H,11-12H2,1-2H3,(H,26,32). The summed E-state index contributed by atoms with van der Waals surface area (Å²) in [7, 11) is 3.65. The normalized spacial score (nSPS) is 10.7. The molecule has 1 aromatic carbocycles. The van der Waals surface area contributed by atoms with Crippen LogP contribution in [-0.4, -0.2) is 51.3 Å². The lowest BCUT2D eigenvalue weighted by Crippen LogP contribution is -2.28. The second-order valence-corrected chi connectivity index (χ2v) is 7.27. The van der Waals surface area contributed by atoms with Crippen LogP contribution in [0.2, 0.25) is 0 Å². The minimum Gasteiger partial charge on any atom is -0.350 e. The van der Waals surface area contributed by atoms with Gasteiger partial charge in [0.05, 0.1) is 24.0 Å². The molecule has 0 fully saturated rings. The van der Waals surface area contributed by atoms with Crippen molar-refractivity contribution in [3.8, 4) is 22.4 Å². The van der Waals surface area contributed by atoms with Gasteiger partial charge in [0.25, 0.3) is 5.91 Å². The van der Waals surface area contributed by atoms with E-state index >= 15 is 0 Å². The van der Waals surface area contributed by atoms with E-state index in [0.717, 1.165) is 11.1 Å². The van der Waals surface area contributed by atoms with Crippen molar-refractivity contribution in [3.05, 3.63) is 78.8 Å². The maximum absolute atomic E-state index is 14.6. The summed E-state index contributed by atoms with van der Waals surface area (Å²) < 4.78 is 16.3. The van der Waals surface area contributed by atoms with Crippen LogP contribution in [0.3, 0.4) is 0 Å². The summed E-state index contributed by atoms with van der Waals surface area (Å²) in [5.41, 5.74) is 3.11. The van der Waals surface area contributed by atoms with E-state index < -0.39 is 0 Å². The first-order valence-corrected chi connectivity index (χ1v) is 10.0. The van der Waals surface area contributed by atoms with Crippen molar-refractivity contribution in [3.63, 3.8) is 0 Å². The third kappa shape index (κ3) is 4.46. The number of carbonyl (C=O) groups is 1. The van der Waals surface area contributed by atoms with Gasteiger partial charge >= 0.3 is 0 Å². The van der Waals surface area contributed by atoms with Gasteiger partial charge < -0.3 is 10.2 Å². The Kier molecular flexibility index (Phi) is 6.16. The van der Waals surface area contributed by atoms with Crippen LogP contribution in [0.15, 0.2) is 67.4 Å². The Balaban J connectivity index is 1.54. The Bertz CT molecular complexity index is 1210. The summed E-state index contributed by atoms with van der Waals surface area (Å²) >= 11 is 0. The Morgan fingerprint density at radius 1 is 1.03 bits per heavy atom. The van der Waals surface area contributed by atoms with Crippen molar-refractivity contribution in [2.75, 3.05) is 25.5 Å². The lowest BCUT2D eigenvalue weighted by Gasteiger charge is -2.12. The highest BCUT2D eigenvalue weighted by molar-refractivity contribution is 5.93. The summed E-state index contributed by atoms with van der Waals surface area (Å²) in [6, 6.07) is 10.3.